The molecule has 1 aliphatic carbocycles. The second-order valence-electron chi connectivity index (χ2n) is 5.59. The number of rotatable bonds is 4. The summed E-state index contributed by atoms with van der Waals surface area (Å²) in [5.74, 6) is 0.933. The molecule has 0 aromatic heterocycles. The van der Waals surface area contributed by atoms with Crippen LogP contribution in [0.1, 0.15) is 49.8 Å². The minimum absolute atomic E-state index is 0.00304. The molecular formula is C16H25NO2. The largest absolute Gasteiger partial charge is 0.490 e. The lowest BCUT2D eigenvalue weighted by atomic mass is 9.94. The summed E-state index contributed by atoms with van der Waals surface area (Å²) < 4.78 is 11.6. The third-order valence-electron chi connectivity index (χ3n) is 3.86. The van der Waals surface area contributed by atoms with Gasteiger partial charge in [0.15, 0.2) is 0 Å². The third kappa shape index (κ3) is 3.71. The zero-order valence-corrected chi connectivity index (χ0v) is 12.2. The molecule has 0 radical (unpaired) electrons. The molecule has 0 bridgehead atoms. The van der Waals surface area contributed by atoms with Gasteiger partial charge in [-0.1, -0.05) is 17.7 Å². The highest BCUT2D eigenvalue weighted by Crippen LogP contribution is 2.30. The summed E-state index contributed by atoms with van der Waals surface area (Å²) in [6.45, 7) is 4.08. The monoisotopic (exact) mass is 263 g/mol. The smallest absolute Gasteiger partial charge is 0.124 e. The Morgan fingerprint density at radius 2 is 2.00 bits per heavy atom. The van der Waals surface area contributed by atoms with Gasteiger partial charge in [-0.25, -0.2) is 0 Å². The molecule has 2 N–H and O–H groups in total. The molecule has 0 saturated heterocycles. The molecule has 19 heavy (non-hydrogen) atoms. The van der Waals surface area contributed by atoms with E-state index in [1.807, 2.05) is 13.0 Å². The average Bonchev–Trinajstić information content (AvgIpc) is 2.41. The molecule has 0 aliphatic heterocycles. The van der Waals surface area contributed by atoms with E-state index < -0.39 is 0 Å². The Kier molecular flexibility index (Phi) is 4.83. The number of hydrogen-bond acceptors (Lipinski definition) is 3. The van der Waals surface area contributed by atoms with E-state index in [-0.39, 0.29) is 12.1 Å². The molecule has 3 heteroatoms. The molecule has 1 aliphatic rings. The van der Waals surface area contributed by atoms with Crippen LogP contribution in [0.5, 0.6) is 5.75 Å². The van der Waals surface area contributed by atoms with E-state index in [1.165, 1.54) is 12.0 Å². The Balaban J connectivity index is 2.10. The molecule has 0 spiro atoms. The highest BCUT2D eigenvalue weighted by atomic mass is 16.5. The Morgan fingerprint density at radius 3 is 2.68 bits per heavy atom. The van der Waals surface area contributed by atoms with Crippen molar-refractivity contribution in [1.82, 2.24) is 0 Å². The third-order valence-corrected chi connectivity index (χ3v) is 3.86. The van der Waals surface area contributed by atoms with E-state index in [4.69, 9.17) is 15.2 Å². The summed E-state index contributed by atoms with van der Waals surface area (Å²) in [7, 11) is 1.78. The van der Waals surface area contributed by atoms with E-state index >= 15 is 0 Å². The summed E-state index contributed by atoms with van der Waals surface area (Å²) in [5, 5.41) is 0. The highest BCUT2D eigenvalue weighted by molar-refractivity contribution is 5.38. The maximum Gasteiger partial charge on any atom is 0.124 e. The Bertz CT molecular complexity index is 417. The number of benzene rings is 1. The summed E-state index contributed by atoms with van der Waals surface area (Å²) in [4.78, 5) is 0. The van der Waals surface area contributed by atoms with E-state index in [2.05, 4.69) is 19.1 Å². The Hall–Kier alpha value is -1.06. The van der Waals surface area contributed by atoms with Gasteiger partial charge in [-0.15, -0.1) is 0 Å². The fourth-order valence-corrected chi connectivity index (χ4v) is 2.73. The van der Waals surface area contributed by atoms with Gasteiger partial charge in [-0.3, -0.25) is 0 Å². The molecule has 2 rings (SSSR count). The predicted molar refractivity (Wildman–Crippen MR) is 77.5 cm³/mol. The molecule has 106 valence electrons. The van der Waals surface area contributed by atoms with Crippen LogP contribution in [-0.4, -0.2) is 19.3 Å². The number of methoxy groups -OCH3 is 1. The lowest BCUT2D eigenvalue weighted by molar-refractivity contribution is 0.0206. The van der Waals surface area contributed by atoms with Crippen LogP contribution in [0.3, 0.4) is 0 Å². The van der Waals surface area contributed by atoms with Crippen molar-refractivity contribution in [2.45, 2.75) is 57.8 Å². The summed E-state index contributed by atoms with van der Waals surface area (Å²) in [5.41, 5.74) is 8.35. The van der Waals surface area contributed by atoms with E-state index in [9.17, 15) is 0 Å². The lowest BCUT2D eigenvalue weighted by Crippen LogP contribution is -2.30. The predicted octanol–water partition coefficient (Wildman–Crippen LogP) is 3.35. The van der Waals surface area contributed by atoms with E-state index in [0.717, 1.165) is 30.6 Å². The zero-order chi connectivity index (χ0) is 13.8. The number of nitrogens with two attached hydrogens (primary N) is 1. The van der Waals surface area contributed by atoms with E-state index in [1.54, 1.807) is 7.11 Å². The normalized spacial score (nSPS) is 25.1. The number of ether oxygens (including phenoxy) is 2. The van der Waals surface area contributed by atoms with Crippen molar-refractivity contribution >= 4 is 0 Å². The van der Waals surface area contributed by atoms with Crippen LogP contribution in [0.2, 0.25) is 0 Å². The second kappa shape index (κ2) is 6.40. The van der Waals surface area contributed by atoms with Crippen LogP contribution < -0.4 is 10.5 Å². The van der Waals surface area contributed by atoms with Crippen molar-refractivity contribution in [3.8, 4) is 5.75 Å². The van der Waals surface area contributed by atoms with Crippen molar-refractivity contribution in [2.24, 2.45) is 5.73 Å². The minimum atomic E-state index is -0.00304. The quantitative estimate of drug-likeness (QED) is 0.906. The first kappa shape index (κ1) is 14.4. The molecule has 0 amide bonds. The van der Waals surface area contributed by atoms with Crippen molar-refractivity contribution in [3.63, 3.8) is 0 Å². The molecule has 1 aromatic rings. The van der Waals surface area contributed by atoms with Gasteiger partial charge in [-0.05, 0) is 39.2 Å². The van der Waals surface area contributed by atoms with Gasteiger partial charge < -0.3 is 15.2 Å². The molecule has 3 atom stereocenters. The minimum Gasteiger partial charge on any atom is -0.490 e. The maximum atomic E-state index is 6.17. The van der Waals surface area contributed by atoms with Gasteiger partial charge >= 0.3 is 0 Å². The first-order valence-electron chi connectivity index (χ1n) is 7.15. The molecular weight excluding hydrogens is 238 g/mol. The first-order chi connectivity index (χ1) is 9.10. The standard InChI is InChI=1S/C16H25NO2/c1-11-7-8-16(15(9-11)12(2)17)19-14-6-4-5-13(10-14)18-3/h7-9,12-14H,4-6,10,17H2,1-3H3. The molecule has 3 unspecified atom stereocenters. The molecule has 1 aromatic carbocycles. The fraction of sp³-hybridized carbons (Fsp3) is 0.625. The van der Waals surface area contributed by atoms with Gasteiger partial charge in [0.05, 0.1) is 6.10 Å². The maximum absolute atomic E-state index is 6.17. The second-order valence-corrected chi connectivity index (χ2v) is 5.59. The summed E-state index contributed by atoms with van der Waals surface area (Å²) in [6.07, 6.45) is 4.98. The van der Waals surface area contributed by atoms with Crippen molar-refractivity contribution in [2.75, 3.05) is 7.11 Å². The van der Waals surface area contributed by atoms with Crippen LogP contribution in [0.4, 0.5) is 0 Å². The van der Waals surface area contributed by atoms with Crippen LogP contribution in [-0.2, 0) is 4.74 Å². The van der Waals surface area contributed by atoms with E-state index in [0.29, 0.717) is 6.10 Å². The molecule has 1 saturated carbocycles. The van der Waals surface area contributed by atoms with Crippen LogP contribution in [0.25, 0.3) is 0 Å². The van der Waals surface area contributed by atoms with Crippen molar-refractivity contribution in [1.29, 1.82) is 0 Å². The lowest BCUT2D eigenvalue weighted by Gasteiger charge is -2.29. The van der Waals surface area contributed by atoms with Crippen molar-refractivity contribution < 1.29 is 9.47 Å². The van der Waals surface area contributed by atoms with Crippen LogP contribution in [0, 0.1) is 6.92 Å². The number of hydrogen-bond donors (Lipinski definition) is 1. The van der Waals surface area contributed by atoms with Gasteiger partial charge in [0, 0.05) is 25.1 Å². The average molecular weight is 263 g/mol. The van der Waals surface area contributed by atoms with Gasteiger partial charge in [0.25, 0.3) is 0 Å². The summed E-state index contributed by atoms with van der Waals surface area (Å²) >= 11 is 0. The highest BCUT2D eigenvalue weighted by Gasteiger charge is 2.24. The Morgan fingerprint density at radius 1 is 1.26 bits per heavy atom. The van der Waals surface area contributed by atoms with Crippen molar-refractivity contribution in [3.05, 3.63) is 29.3 Å². The van der Waals surface area contributed by atoms with Crippen LogP contribution in [0.15, 0.2) is 18.2 Å². The number of aryl methyl sites for hydroxylation is 1. The molecule has 1 fully saturated rings. The molecule has 0 heterocycles. The zero-order valence-electron chi connectivity index (χ0n) is 12.2. The van der Waals surface area contributed by atoms with Gasteiger partial charge in [0.1, 0.15) is 11.9 Å². The molecule has 3 nitrogen and oxygen atoms in total. The SMILES string of the molecule is COC1CCCC(Oc2ccc(C)cc2C(C)N)C1. The Labute approximate surface area is 116 Å². The summed E-state index contributed by atoms with van der Waals surface area (Å²) in [6, 6.07) is 6.25. The first-order valence-corrected chi connectivity index (χ1v) is 7.15. The van der Waals surface area contributed by atoms with Gasteiger partial charge in [-0.2, -0.15) is 0 Å². The topological polar surface area (TPSA) is 44.5 Å². The van der Waals surface area contributed by atoms with Crippen LogP contribution >= 0.6 is 0 Å². The van der Waals surface area contributed by atoms with Gasteiger partial charge in [0.2, 0.25) is 0 Å². The fourth-order valence-electron chi connectivity index (χ4n) is 2.73.